The first-order valence-electron chi connectivity index (χ1n) is 7.36. The van der Waals surface area contributed by atoms with Crippen molar-refractivity contribution < 1.29 is 14.3 Å². The van der Waals surface area contributed by atoms with Crippen LogP contribution in [0.5, 0.6) is 0 Å². The Hall–Kier alpha value is -0.900. The quantitative estimate of drug-likeness (QED) is 0.787. The van der Waals surface area contributed by atoms with E-state index in [-0.39, 0.29) is 17.9 Å². The molecule has 1 aliphatic heterocycles. The van der Waals surface area contributed by atoms with Gasteiger partial charge in [0.2, 0.25) is 0 Å². The first-order chi connectivity index (χ1) is 8.97. The SMILES string of the molecule is COC(C)(C)C(=O)N1CCCCC1C1CCCC1=O. The Morgan fingerprint density at radius 3 is 2.58 bits per heavy atom. The number of ketones is 1. The molecule has 0 radical (unpaired) electrons. The molecule has 4 nitrogen and oxygen atoms in total. The van der Waals surface area contributed by atoms with Crippen LogP contribution in [0, 0.1) is 5.92 Å². The molecule has 1 saturated carbocycles. The zero-order valence-corrected chi connectivity index (χ0v) is 12.3. The van der Waals surface area contributed by atoms with E-state index in [4.69, 9.17) is 4.74 Å². The van der Waals surface area contributed by atoms with Crippen molar-refractivity contribution in [2.24, 2.45) is 5.92 Å². The van der Waals surface area contributed by atoms with Crippen LogP contribution in [0.1, 0.15) is 52.4 Å². The molecular weight excluding hydrogens is 242 g/mol. The van der Waals surface area contributed by atoms with Gasteiger partial charge >= 0.3 is 0 Å². The molecule has 2 unspecified atom stereocenters. The number of nitrogens with zero attached hydrogens (tertiary/aromatic N) is 1. The molecule has 108 valence electrons. The Kier molecular flexibility index (Phi) is 4.29. The van der Waals surface area contributed by atoms with Crippen molar-refractivity contribution in [1.29, 1.82) is 0 Å². The van der Waals surface area contributed by atoms with E-state index in [0.717, 1.165) is 38.6 Å². The van der Waals surface area contributed by atoms with E-state index < -0.39 is 5.60 Å². The normalized spacial score (nSPS) is 28.8. The maximum Gasteiger partial charge on any atom is 0.254 e. The van der Waals surface area contributed by atoms with Crippen LogP contribution in [0.3, 0.4) is 0 Å². The Labute approximate surface area is 115 Å². The third-order valence-electron chi connectivity index (χ3n) is 4.65. The molecule has 2 rings (SSSR count). The minimum absolute atomic E-state index is 0.0272. The van der Waals surface area contributed by atoms with Gasteiger partial charge in [-0.2, -0.15) is 0 Å². The Morgan fingerprint density at radius 1 is 1.26 bits per heavy atom. The van der Waals surface area contributed by atoms with Gasteiger partial charge in [0, 0.05) is 32.0 Å². The fraction of sp³-hybridized carbons (Fsp3) is 0.867. The van der Waals surface area contributed by atoms with Gasteiger partial charge in [0.25, 0.3) is 5.91 Å². The number of carbonyl (C=O) groups is 2. The number of methoxy groups -OCH3 is 1. The monoisotopic (exact) mass is 267 g/mol. The van der Waals surface area contributed by atoms with Crippen LogP contribution in [0.4, 0.5) is 0 Å². The molecule has 1 amide bonds. The lowest BCUT2D eigenvalue weighted by molar-refractivity contribution is -0.156. The highest BCUT2D eigenvalue weighted by molar-refractivity contribution is 5.87. The van der Waals surface area contributed by atoms with E-state index in [1.54, 1.807) is 21.0 Å². The Balaban J connectivity index is 2.16. The van der Waals surface area contributed by atoms with Crippen molar-refractivity contribution in [3.8, 4) is 0 Å². The maximum atomic E-state index is 12.6. The molecule has 0 aromatic heterocycles. The molecule has 2 aliphatic rings. The summed E-state index contributed by atoms with van der Waals surface area (Å²) in [7, 11) is 1.57. The van der Waals surface area contributed by atoms with E-state index in [2.05, 4.69) is 0 Å². The lowest BCUT2D eigenvalue weighted by Crippen LogP contribution is -2.55. The maximum absolute atomic E-state index is 12.6. The molecule has 1 heterocycles. The molecule has 0 bridgehead atoms. The zero-order valence-electron chi connectivity index (χ0n) is 12.3. The van der Waals surface area contributed by atoms with Crippen LogP contribution >= 0.6 is 0 Å². The predicted octanol–water partition coefficient (Wildman–Crippen LogP) is 2.16. The number of hydrogen-bond acceptors (Lipinski definition) is 3. The topological polar surface area (TPSA) is 46.6 Å². The second kappa shape index (κ2) is 5.61. The fourth-order valence-corrected chi connectivity index (χ4v) is 3.31. The van der Waals surface area contributed by atoms with Gasteiger partial charge < -0.3 is 9.64 Å². The number of amides is 1. The van der Waals surface area contributed by atoms with Crippen molar-refractivity contribution in [2.45, 2.75) is 64.0 Å². The van der Waals surface area contributed by atoms with Crippen molar-refractivity contribution in [1.82, 2.24) is 4.90 Å². The fourth-order valence-electron chi connectivity index (χ4n) is 3.31. The van der Waals surface area contributed by atoms with E-state index >= 15 is 0 Å². The largest absolute Gasteiger partial charge is 0.369 e. The molecule has 0 aromatic rings. The van der Waals surface area contributed by atoms with Crippen molar-refractivity contribution in [3.63, 3.8) is 0 Å². The minimum Gasteiger partial charge on any atom is -0.369 e. The number of carbonyl (C=O) groups excluding carboxylic acids is 2. The lowest BCUT2D eigenvalue weighted by atomic mass is 9.87. The molecule has 0 N–H and O–H groups in total. The summed E-state index contributed by atoms with van der Waals surface area (Å²) in [6.07, 6.45) is 5.73. The Bertz CT molecular complexity index is 364. The summed E-state index contributed by atoms with van der Waals surface area (Å²) < 4.78 is 5.31. The molecular formula is C15H25NO3. The number of likely N-dealkylation sites (tertiary alicyclic amines) is 1. The summed E-state index contributed by atoms with van der Waals surface area (Å²) in [4.78, 5) is 26.5. The zero-order chi connectivity index (χ0) is 14.0. The van der Waals surface area contributed by atoms with Gasteiger partial charge in [0.05, 0.1) is 0 Å². The minimum atomic E-state index is -0.794. The van der Waals surface area contributed by atoms with Gasteiger partial charge in [-0.15, -0.1) is 0 Å². The predicted molar refractivity (Wildman–Crippen MR) is 72.8 cm³/mol. The second-order valence-electron chi connectivity index (χ2n) is 6.24. The van der Waals surface area contributed by atoms with Gasteiger partial charge in [-0.25, -0.2) is 0 Å². The first-order valence-corrected chi connectivity index (χ1v) is 7.36. The molecule has 1 saturated heterocycles. The van der Waals surface area contributed by atoms with E-state index in [1.807, 2.05) is 4.90 Å². The molecule has 4 heteroatoms. The highest BCUT2D eigenvalue weighted by atomic mass is 16.5. The lowest BCUT2D eigenvalue weighted by Gasteiger charge is -2.42. The second-order valence-corrected chi connectivity index (χ2v) is 6.24. The molecule has 2 fully saturated rings. The average molecular weight is 267 g/mol. The molecule has 1 aliphatic carbocycles. The van der Waals surface area contributed by atoms with E-state index in [9.17, 15) is 9.59 Å². The summed E-state index contributed by atoms with van der Waals surface area (Å²) >= 11 is 0. The summed E-state index contributed by atoms with van der Waals surface area (Å²) in [6, 6.07) is 0.102. The molecule has 0 spiro atoms. The first kappa shape index (κ1) is 14.5. The van der Waals surface area contributed by atoms with Crippen LogP contribution in [-0.2, 0) is 14.3 Å². The molecule has 0 aromatic carbocycles. The van der Waals surface area contributed by atoms with Crippen LogP contribution in [0.2, 0.25) is 0 Å². The van der Waals surface area contributed by atoms with E-state index in [0.29, 0.717) is 12.2 Å². The summed E-state index contributed by atoms with van der Waals surface area (Å²) in [5, 5.41) is 0. The summed E-state index contributed by atoms with van der Waals surface area (Å²) in [5.41, 5.74) is -0.794. The molecule has 19 heavy (non-hydrogen) atoms. The van der Waals surface area contributed by atoms with Crippen LogP contribution < -0.4 is 0 Å². The van der Waals surface area contributed by atoms with Crippen molar-refractivity contribution >= 4 is 11.7 Å². The molecule has 2 atom stereocenters. The van der Waals surface area contributed by atoms with Crippen LogP contribution in [-0.4, -0.2) is 41.9 Å². The summed E-state index contributed by atoms with van der Waals surface area (Å²) in [6.45, 7) is 4.37. The van der Waals surface area contributed by atoms with Gasteiger partial charge in [0.1, 0.15) is 11.4 Å². The standard InChI is InChI=1S/C15H25NO3/c1-15(2,19-3)14(18)16-10-5-4-8-12(16)11-7-6-9-13(11)17/h11-12H,4-10H2,1-3H3. The summed E-state index contributed by atoms with van der Waals surface area (Å²) in [5.74, 6) is 0.441. The number of Topliss-reactive ketones (excluding diaryl/α,β-unsaturated/α-hetero) is 1. The van der Waals surface area contributed by atoms with Crippen LogP contribution in [0.25, 0.3) is 0 Å². The number of hydrogen-bond donors (Lipinski definition) is 0. The highest BCUT2D eigenvalue weighted by Crippen LogP contribution is 2.34. The average Bonchev–Trinajstić information content (AvgIpc) is 2.84. The Morgan fingerprint density at radius 2 is 2.00 bits per heavy atom. The highest BCUT2D eigenvalue weighted by Gasteiger charge is 2.42. The smallest absolute Gasteiger partial charge is 0.254 e. The van der Waals surface area contributed by atoms with Crippen LogP contribution in [0.15, 0.2) is 0 Å². The van der Waals surface area contributed by atoms with Crippen molar-refractivity contribution in [3.05, 3.63) is 0 Å². The van der Waals surface area contributed by atoms with Gasteiger partial charge in [-0.1, -0.05) is 0 Å². The van der Waals surface area contributed by atoms with Gasteiger partial charge in [-0.05, 0) is 46.0 Å². The third-order valence-corrected chi connectivity index (χ3v) is 4.65. The number of piperidine rings is 1. The van der Waals surface area contributed by atoms with Gasteiger partial charge in [0.15, 0.2) is 0 Å². The van der Waals surface area contributed by atoms with E-state index in [1.165, 1.54) is 0 Å². The number of ether oxygens (including phenoxy) is 1. The number of rotatable bonds is 3. The van der Waals surface area contributed by atoms with Crippen molar-refractivity contribution in [2.75, 3.05) is 13.7 Å². The third kappa shape index (κ3) is 2.83. The van der Waals surface area contributed by atoms with Gasteiger partial charge in [-0.3, -0.25) is 9.59 Å².